The molecule has 3 aliphatic rings. The molecule has 0 radical (unpaired) electrons. The molecular weight excluding hydrogens is 424 g/mol. The van der Waals surface area contributed by atoms with E-state index in [4.69, 9.17) is 14.0 Å². The summed E-state index contributed by atoms with van der Waals surface area (Å²) in [5.41, 5.74) is 1.08. The first-order valence-electron chi connectivity index (χ1n) is 11.2. The number of carbonyl (C=O) groups is 1. The van der Waals surface area contributed by atoms with E-state index in [1.807, 2.05) is 27.7 Å². The van der Waals surface area contributed by atoms with Crippen LogP contribution in [0.5, 0.6) is 5.75 Å². The Balaban J connectivity index is 1.55. The predicted octanol–water partition coefficient (Wildman–Crippen LogP) is 4.01. The average molecular weight is 451 g/mol. The number of nitrogens with zero attached hydrogens (tertiary/aromatic N) is 1. The van der Waals surface area contributed by atoms with E-state index in [1.54, 1.807) is 24.3 Å². The third-order valence-corrected chi connectivity index (χ3v) is 7.08. The summed E-state index contributed by atoms with van der Waals surface area (Å²) in [7, 11) is -0.718. The van der Waals surface area contributed by atoms with Crippen molar-refractivity contribution < 1.29 is 28.3 Å². The minimum atomic E-state index is -0.718. The van der Waals surface area contributed by atoms with Crippen LogP contribution in [0.2, 0.25) is 0 Å². The zero-order valence-corrected chi connectivity index (χ0v) is 19.2. The first-order valence-corrected chi connectivity index (χ1v) is 11.2. The van der Waals surface area contributed by atoms with Crippen LogP contribution in [-0.4, -0.2) is 29.3 Å². The van der Waals surface area contributed by atoms with Crippen LogP contribution in [0.1, 0.15) is 67.9 Å². The van der Waals surface area contributed by atoms with E-state index < -0.39 is 30.0 Å². The molecule has 1 saturated heterocycles. The molecule has 2 heterocycles. The number of carbonyl (C=O) groups excluding carboxylic acids is 1. The Kier molecular flexibility index (Phi) is 5.16. The molecular formula is C25H27BFNO5. The molecule has 0 unspecified atom stereocenters. The van der Waals surface area contributed by atoms with Gasteiger partial charge in [0.1, 0.15) is 23.4 Å². The molecule has 0 aromatic heterocycles. The minimum absolute atomic E-state index is 0.130. The summed E-state index contributed by atoms with van der Waals surface area (Å²) >= 11 is 0. The Bertz CT molecular complexity index is 1140. The topological polar surface area (TPSA) is 68.2 Å². The molecule has 1 amide bonds. The molecule has 1 N–H and O–H groups in total. The lowest BCUT2D eigenvalue weighted by molar-refractivity contribution is 0.00578. The Hall–Kier alpha value is -2.68. The molecule has 2 aromatic rings. The number of rotatable bonds is 4. The van der Waals surface area contributed by atoms with Crippen molar-refractivity contribution in [3.8, 4) is 5.75 Å². The maximum absolute atomic E-state index is 15.1. The number of amides is 1. The van der Waals surface area contributed by atoms with Crippen LogP contribution in [0.4, 0.5) is 10.1 Å². The lowest BCUT2D eigenvalue weighted by atomic mass is 9.75. The third kappa shape index (κ3) is 3.66. The van der Waals surface area contributed by atoms with E-state index in [-0.39, 0.29) is 17.9 Å². The fourth-order valence-electron chi connectivity index (χ4n) is 4.28. The fraction of sp³-hybridized carbons (Fsp3) is 0.400. The molecule has 1 aliphatic carbocycles. The average Bonchev–Trinajstić information content (AvgIpc) is 3.57. The van der Waals surface area contributed by atoms with Gasteiger partial charge in [0.25, 0.3) is 5.91 Å². The van der Waals surface area contributed by atoms with E-state index in [9.17, 15) is 9.90 Å². The Morgan fingerprint density at radius 2 is 1.85 bits per heavy atom. The third-order valence-electron chi connectivity index (χ3n) is 7.08. The second-order valence-corrected chi connectivity index (χ2v) is 9.82. The Morgan fingerprint density at radius 1 is 1.15 bits per heavy atom. The van der Waals surface area contributed by atoms with E-state index in [1.165, 1.54) is 23.4 Å². The predicted molar refractivity (Wildman–Crippen MR) is 123 cm³/mol. The first kappa shape index (κ1) is 22.1. The molecule has 0 atom stereocenters. The maximum Gasteiger partial charge on any atom is 0.495 e. The summed E-state index contributed by atoms with van der Waals surface area (Å²) in [5.74, 6) is -0.655. The summed E-state index contributed by atoms with van der Waals surface area (Å²) in [4.78, 5) is 14.8. The van der Waals surface area contributed by atoms with Crippen molar-refractivity contribution in [2.75, 3.05) is 4.90 Å². The normalized spacial score (nSPS) is 21.1. The SMILES string of the molecule is CC1(C)OB(c2cccc(N3C=COc4cc(C5CC5)cc(F)c4C3=O)c2CO)OC1(C)C. The van der Waals surface area contributed by atoms with Gasteiger partial charge < -0.3 is 19.2 Å². The molecule has 6 nitrogen and oxygen atoms in total. The van der Waals surface area contributed by atoms with Crippen molar-refractivity contribution >= 4 is 24.2 Å². The van der Waals surface area contributed by atoms with Crippen LogP contribution in [-0.2, 0) is 15.9 Å². The Labute approximate surface area is 193 Å². The number of hydrogen-bond donors (Lipinski definition) is 1. The van der Waals surface area contributed by atoms with Crippen LogP contribution < -0.4 is 15.1 Å². The molecule has 1 saturated carbocycles. The van der Waals surface area contributed by atoms with Gasteiger partial charge in [-0.25, -0.2) is 4.39 Å². The minimum Gasteiger partial charge on any atom is -0.462 e. The molecule has 2 aliphatic heterocycles. The number of benzene rings is 2. The van der Waals surface area contributed by atoms with Crippen LogP contribution in [0.15, 0.2) is 42.8 Å². The molecule has 172 valence electrons. The van der Waals surface area contributed by atoms with Gasteiger partial charge >= 0.3 is 7.12 Å². The van der Waals surface area contributed by atoms with E-state index in [0.29, 0.717) is 22.6 Å². The van der Waals surface area contributed by atoms with Gasteiger partial charge in [0.2, 0.25) is 0 Å². The Morgan fingerprint density at radius 3 is 2.48 bits per heavy atom. The van der Waals surface area contributed by atoms with Gasteiger partial charge in [-0.1, -0.05) is 12.1 Å². The van der Waals surface area contributed by atoms with Crippen molar-refractivity contribution in [2.45, 2.75) is 64.3 Å². The number of fused-ring (bicyclic) bond motifs is 1. The second kappa shape index (κ2) is 7.69. The molecule has 33 heavy (non-hydrogen) atoms. The van der Waals surface area contributed by atoms with Gasteiger partial charge in [-0.15, -0.1) is 0 Å². The summed E-state index contributed by atoms with van der Waals surface area (Å²) in [6, 6.07) is 8.43. The lowest BCUT2D eigenvalue weighted by Gasteiger charge is -2.32. The van der Waals surface area contributed by atoms with Crippen LogP contribution in [0.3, 0.4) is 0 Å². The van der Waals surface area contributed by atoms with Crippen molar-refractivity contribution in [3.05, 3.63) is 65.3 Å². The highest BCUT2D eigenvalue weighted by atomic mass is 19.1. The number of ether oxygens (including phenoxy) is 1. The lowest BCUT2D eigenvalue weighted by Crippen LogP contribution is -2.41. The summed E-state index contributed by atoms with van der Waals surface area (Å²) in [6.07, 6.45) is 4.84. The van der Waals surface area contributed by atoms with Gasteiger partial charge in [0.15, 0.2) is 0 Å². The smallest absolute Gasteiger partial charge is 0.462 e. The van der Waals surface area contributed by atoms with Gasteiger partial charge in [-0.2, -0.15) is 0 Å². The van der Waals surface area contributed by atoms with Gasteiger partial charge in [-0.3, -0.25) is 9.69 Å². The molecule has 5 rings (SSSR count). The van der Waals surface area contributed by atoms with Crippen LogP contribution >= 0.6 is 0 Å². The summed E-state index contributed by atoms with van der Waals surface area (Å²) < 4.78 is 33.0. The van der Waals surface area contributed by atoms with Gasteiger partial charge in [0, 0.05) is 11.8 Å². The molecule has 8 heteroatoms. The number of aliphatic hydroxyl groups excluding tert-OH is 1. The van der Waals surface area contributed by atoms with Gasteiger partial charge in [-0.05, 0) is 75.7 Å². The highest BCUT2D eigenvalue weighted by molar-refractivity contribution is 6.62. The second-order valence-electron chi connectivity index (χ2n) is 9.82. The van der Waals surface area contributed by atoms with E-state index in [0.717, 1.165) is 18.4 Å². The van der Waals surface area contributed by atoms with E-state index >= 15 is 4.39 Å². The fourth-order valence-corrected chi connectivity index (χ4v) is 4.28. The molecule has 0 bridgehead atoms. The highest BCUT2D eigenvalue weighted by Gasteiger charge is 2.52. The largest absolute Gasteiger partial charge is 0.495 e. The number of hydrogen-bond acceptors (Lipinski definition) is 5. The summed E-state index contributed by atoms with van der Waals surface area (Å²) in [6.45, 7) is 7.43. The van der Waals surface area contributed by atoms with Crippen molar-refractivity contribution in [1.29, 1.82) is 0 Å². The summed E-state index contributed by atoms with van der Waals surface area (Å²) in [5, 5.41) is 10.3. The standard InChI is InChI=1S/C25H27BFNO5/c1-24(2)25(3,4)33-26(32-24)18-6-5-7-20(17(18)14-29)28-10-11-31-21-13-16(15-8-9-15)12-19(27)22(21)23(28)30/h5-7,10-13,15,29H,8-9,14H2,1-4H3. The van der Waals surface area contributed by atoms with E-state index in [2.05, 4.69) is 0 Å². The zero-order chi connectivity index (χ0) is 23.5. The quantitative estimate of drug-likeness (QED) is 0.712. The monoisotopic (exact) mass is 451 g/mol. The first-order chi connectivity index (χ1) is 15.6. The van der Waals surface area contributed by atoms with Crippen LogP contribution in [0, 0.1) is 5.82 Å². The van der Waals surface area contributed by atoms with Crippen molar-refractivity contribution in [3.63, 3.8) is 0 Å². The number of aliphatic hydroxyl groups is 1. The highest BCUT2D eigenvalue weighted by Crippen LogP contribution is 2.43. The van der Waals surface area contributed by atoms with Crippen LogP contribution in [0.25, 0.3) is 0 Å². The molecule has 0 spiro atoms. The van der Waals surface area contributed by atoms with Crippen molar-refractivity contribution in [2.24, 2.45) is 0 Å². The zero-order valence-electron chi connectivity index (χ0n) is 19.2. The molecule has 2 aromatic carbocycles. The van der Waals surface area contributed by atoms with Gasteiger partial charge in [0.05, 0.1) is 23.5 Å². The van der Waals surface area contributed by atoms with Crippen molar-refractivity contribution in [1.82, 2.24) is 0 Å². The number of anilines is 1. The number of halogens is 1. The maximum atomic E-state index is 15.1. The molecule has 2 fully saturated rings.